The first kappa shape index (κ1) is 36.5. The van der Waals surface area contributed by atoms with E-state index in [1.807, 2.05) is 0 Å². The van der Waals surface area contributed by atoms with Crippen molar-refractivity contribution >= 4 is 19.7 Å². The van der Waals surface area contributed by atoms with Gasteiger partial charge in [0.2, 0.25) is 5.91 Å². The second-order valence-electron chi connectivity index (χ2n) is 9.46. The van der Waals surface area contributed by atoms with Crippen LogP contribution in [0, 0.1) is 0 Å². The molecule has 0 aliphatic heterocycles. The van der Waals surface area contributed by atoms with Gasteiger partial charge in [0, 0.05) is 19.9 Å². The molecule has 10 heteroatoms. The van der Waals surface area contributed by atoms with Gasteiger partial charge in [-0.05, 0) is 38.5 Å². The fraction of sp³-hybridized carbons (Fsp3) is 0.786. The predicted octanol–water partition coefficient (Wildman–Crippen LogP) is 6.14. The van der Waals surface area contributed by atoms with Gasteiger partial charge in [0.05, 0.1) is 13.2 Å². The topological polar surface area (TPSA) is 131 Å². The molecule has 0 aliphatic carbocycles. The highest BCUT2D eigenvalue weighted by atomic mass is 31.2. The highest BCUT2D eigenvalue weighted by Crippen LogP contribution is 2.42. The predicted molar refractivity (Wildman–Crippen MR) is 151 cm³/mol. The van der Waals surface area contributed by atoms with Gasteiger partial charge in [0.25, 0.3) is 0 Å². The van der Waals surface area contributed by atoms with E-state index in [0.29, 0.717) is 0 Å². The third-order valence-corrected chi connectivity index (χ3v) is 6.66. The molecule has 0 fully saturated rings. The number of hydrogen-bond acceptors (Lipinski definition) is 7. The van der Waals surface area contributed by atoms with Crippen molar-refractivity contribution in [1.82, 2.24) is 5.32 Å². The first-order chi connectivity index (χ1) is 18.3. The normalized spacial score (nSPS) is 14.1. The van der Waals surface area contributed by atoms with E-state index in [1.54, 1.807) is 0 Å². The molecule has 38 heavy (non-hydrogen) atoms. The number of aliphatic hydroxyl groups excluding tert-OH is 1. The van der Waals surface area contributed by atoms with Crippen LogP contribution in [0.5, 0.6) is 0 Å². The molecule has 2 atom stereocenters. The molecule has 9 nitrogen and oxygen atoms in total. The van der Waals surface area contributed by atoms with Crippen LogP contribution >= 0.6 is 7.82 Å². The molecule has 1 amide bonds. The van der Waals surface area contributed by atoms with Crippen molar-refractivity contribution in [2.24, 2.45) is 0 Å². The SMILES string of the molecule is CCCCCC/C=C\C/C=C\CCCCCCCCCC(=O)OCC(O)COP(=O)(O)OCCNC(C)=O. The van der Waals surface area contributed by atoms with E-state index in [2.05, 4.69) is 45.6 Å². The number of esters is 1. The molecule has 0 aromatic heterocycles. The number of amides is 1. The van der Waals surface area contributed by atoms with Crippen molar-refractivity contribution in [2.75, 3.05) is 26.4 Å². The van der Waals surface area contributed by atoms with E-state index in [-0.39, 0.29) is 32.1 Å². The number of carbonyl (C=O) groups is 2. The van der Waals surface area contributed by atoms with E-state index in [1.165, 1.54) is 58.3 Å². The Morgan fingerprint density at radius 1 is 0.842 bits per heavy atom. The molecule has 0 aromatic rings. The Bertz CT molecular complexity index is 698. The summed E-state index contributed by atoms with van der Waals surface area (Å²) in [7, 11) is -4.36. The second kappa shape index (κ2) is 25.8. The van der Waals surface area contributed by atoms with Crippen molar-refractivity contribution in [1.29, 1.82) is 0 Å². The zero-order valence-electron chi connectivity index (χ0n) is 23.6. The maximum absolute atomic E-state index is 11.8. The number of phosphoric ester groups is 1. The van der Waals surface area contributed by atoms with Crippen LogP contribution in [0.3, 0.4) is 0 Å². The molecule has 0 heterocycles. The summed E-state index contributed by atoms with van der Waals surface area (Å²) in [6.45, 7) is 2.54. The number of nitrogens with one attached hydrogen (secondary N) is 1. The fourth-order valence-corrected chi connectivity index (χ4v) is 4.28. The third-order valence-electron chi connectivity index (χ3n) is 5.68. The fourth-order valence-electron chi connectivity index (χ4n) is 3.53. The summed E-state index contributed by atoms with van der Waals surface area (Å²) in [5.41, 5.74) is 0. The Morgan fingerprint density at radius 3 is 2.03 bits per heavy atom. The Labute approximate surface area is 230 Å². The molecule has 0 aromatic carbocycles. The van der Waals surface area contributed by atoms with Crippen LogP contribution in [-0.2, 0) is 27.9 Å². The van der Waals surface area contributed by atoms with E-state index < -0.39 is 26.5 Å². The van der Waals surface area contributed by atoms with Gasteiger partial charge in [0.15, 0.2) is 0 Å². The molecule has 0 bridgehead atoms. The van der Waals surface area contributed by atoms with Crippen LogP contribution in [0.4, 0.5) is 0 Å². The number of unbranched alkanes of at least 4 members (excludes halogenated alkanes) is 11. The summed E-state index contributed by atoms with van der Waals surface area (Å²) in [5.74, 6) is -0.707. The monoisotopic (exact) mass is 561 g/mol. The smallest absolute Gasteiger partial charge is 0.463 e. The zero-order chi connectivity index (χ0) is 28.3. The maximum atomic E-state index is 11.8. The molecule has 3 N–H and O–H groups in total. The molecule has 0 aliphatic rings. The number of carbonyl (C=O) groups excluding carboxylic acids is 2. The quantitative estimate of drug-likeness (QED) is 0.0496. The van der Waals surface area contributed by atoms with Gasteiger partial charge in [-0.1, -0.05) is 82.6 Å². The van der Waals surface area contributed by atoms with Crippen LogP contribution in [-0.4, -0.2) is 54.3 Å². The average Bonchev–Trinajstić information content (AvgIpc) is 2.88. The maximum Gasteiger partial charge on any atom is 0.472 e. The zero-order valence-corrected chi connectivity index (χ0v) is 24.5. The lowest BCUT2D eigenvalue weighted by Crippen LogP contribution is -2.25. The summed E-state index contributed by atoms with van der Waals surface area (Å²) in [6, 6.07) is 0. The Kier molecular flexibility index (Phi) is 24.7. The number of hydrogen-bond donors (Lipinski definition) is 3. The van der Waals surface area contributed by atoms with Gasteiger partial charge in [-0.2, -0.15) is 0 Å². The summed E-state index contributed by atoms with van der Waals surface area (Å²) >= 11 is 0. The number of ether oxygens (including phenoxy) is 1. The van der Waals surface area contributed by atoms with E-state index in [0.717, 1.165) is 38.5 Å². The number of rotatable bonds is 26. The van der Waals surface area contributed by atoms with Gasteiger partial charge >= 0.3 is 13.8 Å². The van der Waals surface area contributed by atoms with Gasteiger partial charge < -0.3 is 20.1 Å². The summed E-state index contributed by atoms with van der Waals surface area (Å²) in [5, 5.41) is 12.2. The van der Waals surface area contributed by atoms with Crippen LogP contribution in [0.1, 0.15) is 110 Å². The van der Waals surface area contributed by atoms with Crippen molar-refractivity contribution in [2.45, 2.75) is 116 Å². The molecule has 0 spiro atoms. The molecule has 0 saturated heterocycles. The Morgan fingerprint density at radius 2 is 1.42 bits per heavy atom. The summed E-state index contributed by atoms with van der Waals surface area (Å²) < 4.78 is 26.0. The van der Waals surface area contributed by atoms with Crippen LogP contribution in [0.2, 0.25) is 0 Å². The van der Waals surface area contributed by atoms with Crippen molar-refractivity contribution < 1.29 is 37.9 Å². The van der Waals surface area contributed by atoms with E-state index >= 15 is 0 Å². The minimum absolute atomic E-state index is 0.0542. The molecule has 0 rings (SSSR count). The van der Waals surface area contributed by atoms with Crippen LogP contribution < -0.4 is 5.32 Å². The molecule has 0 radical (unpaired) electrons. The van der Waals surface area contributed by atoms with Gasteiger partial charge in [0.1, 0.15) is 12.7 Å². The third kappa shape index (κ3) is 27.5. The molecule has 2 unspecified atom stereocenters. The molecule has 222 valence electrons. The first-order valence-electron chi connectivity index (χ1n) is 14.3. The van der Waals surface area contributed by atoms with Crippen molar-refractivity contribution in [3.8, 4) is 0 Å². The second-order valence-corrected chi connectivity index (χ2v) is 10.9. The van der Waals surface area contributed by atoms with E-state index in [9.17, 15) is 24.2 Å². The summed E-state index contributed by atoms with van der Waals surface area (Å²) in [4.78, 5) is 32.0. The molecular weight excluding hydrogens is 509 g/mol. The minimum Gasteiger partial charge on any atom is -0.463 e. The lowest BCUT2D eigenvalue weighted by atomic mass is 10.1. The van der Waals surface area contributed by atoms with Gasteiger partial charge in [-0.15, -0.1) is 0 Å². The van der Waals surface area contributed by atoms with Gasteiger partial charge in [-0.25, -0.2) is 4.57 Å². The minimum atomic E-state index is -4.36. The summed E-state index contributed by atoms with van der Waals surface area (Å²) in [6.07, 6.45) is 24.3. The van der Waals surface area contributed by atoms with Gasteiger partial charge in [-0.3, -0.25) is 18.6 Å². The standard InChI is InChI=1S/C28H52NO8P/c1-3-4-5-6-7-8-9-10-11-12-13-14-15-16-17-18-19-20-21-28(32)35-24-27(31)25-37-38(33,34)36-23-22-29-26(2)30/h8-9,11-12,27,31H,3-7,10,13-25H2,1-2H3,(H,29,30)(H,33,34)/b9-8-,12-11-. The van der Waals surface area contributed by atoms with E-state index in [4.69, 9.17) is 4.74 Å². The Hall–Kier alpha value is -1.51. The average molecular weight is 562 g/mol. The van der Waals surface area contributed by atoms with Crippen LogP contribution in [0.25, 0.3) is 0 Å². The lowest BCUT2D eigenvalue weighted by molar-refractivity contribution is -0.147. The largest absolute Gasteiger partial charge is 0.472 e. The number of aliphatic hydroxyl groups is 1. The van der Waals surface area contributed by atoms with Crippen molar-refractivity contribution in [3.63, 3.8) is 0 Å². The number of allylic oxidation sites excluding steroid dienone is 4. The number of phosphoric acid groups is 1. The first-order valence-corrected chi connectivity index (χ1v) is 15.8. The van der Waals surface area contributed by atoms with Crippen molar-refractivity contribution in [3.05, 3.63) is 24.3 Å². The molecular formula is C28H52NO8P. The lowest BCUT2D eigenvalue weighted by Gasteiger charge is -2.15. The van der Waals surface area contributed by atoms with Crippen LogP contribution in [0.15, 0.2) is 24.3 Å². The Balaban J connectivity index is 3.55. The highest BCUT2D eigenvalue weighted by Gasteiger charge is 2.23. The highest BCUT2D eigenvalue weighted by molar-refractivity contribution is 7.47. The molecule has 0 saturated carbocycles.